The molecule has 0 atom stereocenters. The smallest absolute Gasteiger partial charge is 0.321 e. The lowest BCUT2D eigenvalue weighted by Crippen LogP contribution is -2.41. The van der Waals surface area contributed by atoms with Gasteiger partial charge >= 0.3 is 11.7 Å². The van der Waals surface area contributed by atoms with Gasteiger partial charge in [-0.15, -0.1) is 0 Å². The van der Waals surface area contributed by atoms with Crippen molar-refractivity contribution in [1.29, 1.82) is 0 Å². The van der Waals surface area contributed by atoms with E-state index in [0.29, 0.717) is 12.3 Å². The second kappa shape index (κ2) is 7.68. The van der Waals surface area contributed by atoms with Crippen LogP contribution in [0.5, 0.6) is 11.5 Å². The average Bonchev–Trinajstić information content (AvgIpc) is 2.45. The first-order valence-electron chi connectivity index (χ1n) is 6.00. The van der Waals surface area contributed by atoms with Gasteiger partial charge in [-0.05, 0) is 19.1 Å². The zero-order valence-electron chi connectivity index (χ0n) is 11.5. The van der Waals surface area contributed by atoms with Crippen molar-refractivity contribution in [2.45, 2.75) is 6.92 Å². The van der Waals surface area contributed by atoms with Gasteiger partial charge in [0.1, 0.15) is 5.75 Å². The summed E-state index contributed by atoms with van der Waals surface area (Å²) < 4.78 is 9.92. The molecule has 2 N–H and O–H groups in total. The predicted octanol–water partition coefficient (Wildman–Crippen LogP) is 0.828. The molecule has 0 aliphatic rings. The van der Waals surface area contributed by atoms with Gasteiger partial charge < -0.3 is 14.8 Å². The van der Waals surface area contributed by atoms with Gasteiger partial charge in [0.2, 0.25) is 0 Å². The first-order valence-corrected chi connectivity index (χ1v) is 6.00. The Hall–Kier alpha value is -2.84. The Kier molecular flexibility index (Phi) is 5.93. The Morgan fingerprint density at radius 3 is 2.67 bits per heavy atom. The van der Waals surface area contributed by atoms with Crippen molar-refractivity contribution in [2.75, 3.05) is 20.3 Å². The van der Waals surface area contributed by atoms with Crippen molar-refractivity contribution in [2.24, 2.45) is 0 Å². The van der Waals surface area contributed by atoms with Gasteiger partial charge in [0.05, 0.1) is 18.1 Å². The minimum atomic E-state index is -0.717. The number of imide groups is 1. The second-order valence-electron chi connectivity index (χ2n) is 3.79. The summed E-state index contributed by atoms with van der Waals surface area (Å²) in [6.07, 6.45) is 0. The number of hydrogen-bond donors (Lipinski definition) is 2. The molecule has 0 spiro atoms. The largest absolute Gasteiger partial charge is 0.496 e. The third kappa shape index (κ3) is 4.97. The van der Waals surface area contributed by atoms with Crippen molar-refractivity contribution in [3.8, 4) is 11.5 Å². The zero-order chi connectivity index (χ0) is 15.8. The van der Waals surface area contributed by atoms with Crippen molar-refractivity contribution >= 4 is 17.6 Å². The van der Waals surface area contributed by atoms with Gasteiger partial charge in [0.25, 0.3) is 5.91 Å². The van der Waals surface area contributed by atoms with Crippen molar-refractivity contribution in [1.82, 2.24) is 10.6 Å². The summed E-state index contributed by atoms with van der Waals surface area (Å²) in [5.41, 5.74) is -0.333. The molecular weight excluding hydrogens is 282 g/mol. The van der Waals surface area contributed by atoms with Crippen LogP contribution in [-0.2, 0) is 4.79 Å². The molecule has 114 valence electrons. The molecule has 3 amide bonds. The number of methoxy groups -OCH3 is 1. The van der Waals surface area contributed by atoms with Crippen LogP contribution in [-0.4, -0.2) is 37.1 Å². The van der Waals surface area contributed by atoms with Crippen LogP contribution in [0.15, 0.2) is 18.2 Å². The summed E-state index contributed by atoms with van der Waals surface area (Å²) in [6.45, 7) is 1.54. The fraction of sp³-hybridized carbons (Fsp3) is 0.333. The van der Waals surface area contributed by atoms with Crippen LogP contribution in [0.25, 0.3) is 0 Å². The molecule has 0 saturated heterocycles. The van der Waals surface area contributed by atoms with E-state index in [-0.39, 0.29) is 11.4 Å². The molecule has 0 unspecified atom stereocenters. The average molecular weight is 297 g/mol. The number of amides is 3. The standard InChI is InChI=1S/C12H15N3O6/c1-3-13-12(17)14-11(16)7-21-10-5-4-8(20-2)6-9(10)15(18)19/h4-6H,3,7H2,1-2H3,(H2,13,14,16,17). The number of nitro groups is 1. The molecule has 0 aliphatic heterocycles. The van der Waals surface area contributed by atoms with Crippen LogP contribution >= 0.6 is 0 Å². The normalized spacial score (nSPS) is 9.62. The van der Waals surface area contributed by atoms with Crippen LogP contribution in [0.3, 0.4) is 0 Å². The molecule has 0 heterocycles. The van der Waals surface area contributed by atoms with E-state index < -0.39 is 23.5 Å². The number of nitro benzene ring substituents is 1. The highest BCUT2D eigenvalue weighted by molar-refractivity contribution is 5.95. The maximum Gasteiger partial charge on any atom is 0.321 e. The van der Waals surface area contributed by atoms with Gasteiger partial charge in [-0.1, -0.05) is 0 Å². The fourth-order valence-electron chi connectivity index (χ4n) is 1.40. The van der Waals surface area contributed by atoms with E-state index in [2.05, 4.69) is 5.32 Å². The molecule has 0 saturated carbocycles. The lowest BCUT2D eigenvalue weighted by Gasteiger charge is -2.08. The topological polar surface area (TPSA) is 120 Å². The third-order valence-corrected chi connectivity index (χ3v) is 2.31. The lowest BCUT2D eigenvalue weighted by atomic mass is 10.3. The van der Waals surface area contributed by atoms with E-state index >= 15 is 0 Å². The minimum Gasteiger partial charge on any atom is -0.496 e. The summed E-state index contributed by atoms with van der Waals surface area (Å²) in [7, 11) is 1.37. The van der Waals surface area contributed by atoms with E-state index in [4.69, 9.17) is 9.47 Å². The van der Waals surface area contributed by atoms with E-state index in [1.54, 1.807) is 6.92 Å². The highest BCUT2D eigenvalue weighted by Crippen LogP contribution is 2.30. The highest BCUT2D eigenvalue weighted by atomic mass is 16.6. The van der Waals surface area contributed by atoms with E-state index in [9.17, 15) is 19.7 Å². The van der Waals surface area contributed by atoms with Gasteiger partial charge in [-0.25, -0.2) is 4.79 Å². The Morgan fingerprint density at radius 2 is 2.10 bits per heavy atom. The van der Waals surface area contributed by atoms with Crippen LogP contribution in [0, 0.1) is 10.1 Å². The number of urea groups is 1. The maximum absolute atomic E-state index is 11.4. The van der Waals surface area contributed by atoms with Crippen LogP contribution in [0.2, 0.25) is 0 Å². The number of rotatable bonds is 6. The van der Waals surface area contributed by atoms with Crippen LogP contribution < -0.4 is 20.1 Å². The van der Waals surface area contributed by atoms with Crippen LogP contribution in [0.1, 0.15) is 6.92 Å². The quantitative estimate of drug-likeness (QED) is 0.592. The van der Waals surface area contributed by atoms with Crippen molar-refractivity contribution in [3.63, 3.8) is 0 Å². The van der Waals surface area contributed by atoms with E-state index in [0.717, 1.165) is 0 Å². The van der Waals surface area contributed by atoms with Crippen molar-refractivity contribution in [3.05, 3.63) is 28.3 Å². The van der Waals surface area contributed by atoms with E-state index in [1.807, 2.05) is 5.32 Å². The molecule has 0 aliphatic carbocycles. The Bertz CT molecular complexity index is 546. The number of nitrogens with zero attached hydrogens (tertiary/aromatic N) is 1. The monoisotopic (exact) mass is 297 g/mol. The molecule has 0 radical (unpaired) electrons. The van der Waals surface area contributed by atoms with E-state index in [1.165, 1.54) is 25.3 Å². The molecule has 0 bridgehead atoms. The molecule has 21 heavy (non-hydrogen) atoms. The van der Waals surface area contributed by atoms with Gasteiger partial charge in [-0.3, -0.25) is 20.2 Å². The predicted molar refractivity (Wildman–Crippen MR) is 72.4 cm³/mol. The highest BCUT2D eigenvalue weighted by Gasteiger charge is 2.18. The summed E-state index contributed by atoms with van der Waals surface area (Å²) in [5.74, 6) is -0.515. The zero-order valence-corrected chi connectivity index (χ0v) is 11.5. The number of carbonyl (C=O) groups is 2. The molecule has 9 heteroatoms. The number of hydrogen-bond acceptors (Lipinski definition) is 6. The molecule has 1 aromatic carbocycles. The minimum absolute atomic E-state index is 0.0909. The number of benzene rings is 1. The Balaban J connectivity index is 2.68. The maximum atomic E-state index is 11.4. The van der Waals surface area contributed by atoms with Gasteiger partial charge in [0.15, 0.2) is 12.4 Å². The SMILES string of the molecule is CCNC(=O)NC(=O)COc1ccc(OC)cc1[N+](=O)[O-]. The fourth-order valence-corrected chi connectivity index (χ4v) is 1.40. The number of carbonyl (C=O) groups excluding carboxylic acids is 2. The first kappa shape index (κ1) is 16.2. The molecule has 0 aromatic heterocycles. The molecule has 1 aromatic rings. The second-order valence-corrected chi connectivity index (χ2v) is 3.79. The Labute approximate surface area is 120 Å². The molecule has 9 nitrogen and oxygen atoms in total. The summed E-state index contributed by atoms with van der Waals surface area (Å²) >= 11 is 0. The molecule has 0 fully saturated rings. The van der Waals surface area contributed by atoms with Crippen LogP contribution in [0.4, 0.5) is 10.5 Å². The molecular formula is C12H15N3O6. The molecule has 1 rings (SSSR count). The number of ether oxygens (including phenoxy) is 2. The Morgan fingerprint density at radius 1 is 1.38 bits per heavy atom. The summed E-state index contributed by atoms with van der Waals surface area (Å²) in [5, 5.41) is 15.3. The summed E-state index contributed by atoms with van der Waals surface area (Å²) in [6, 6.07) is 3.30. The summed E-state index contributed by atoms with van der Waals surface area (Å²) in [4.78, 5) is 32.8. The van der Waals surface area contributed by atoms with Crippen molar-refractivity contribution < 1.29 is 24.0 Å². The third-order valence-electron chi connectivity index (χ3n) is 2.31. The lowest BCUT2D eigenvalue weighted by molar-refractivity contribution is -0.385. The number of nitrogens with one attached hydrogen (secondary N) is 2. The van der Waals surface area contributed by atoms with Gasteiger partial charge in [0, 0.05) is 6.54 Å². The first-order chi connectivity index (χ1) is 9.97. The van der Waals surface area contributed by atoms with Gasteiger partial charge in [-0.2, -0.15) is 0 Å².